The van der Waals surface area contributed by atoms with E-state index in [0.717, 1.165) is 17.1 Å². The fourth-order valence-corrected chi connectivity index (χ4v) is 3.95. The summed E-state index contributed by atoms with van der Waals surface area (Å²) in [6.07, 6.45) is 0.499. The Labute approximate surface area is 155 Å². The molecule has 3 aromatic rings. The highest BCUT2D eigenvalue weighted by Gasteiger charge is 2.23. The number of para-hydroxylation sites is 2. The summed E-state index contributed by atoms with van der Waals surface area (Å²) in [6.45, 7) is 2.04. The van der Waals surface area contributed by atoms with E-state index in [1.54, 1.807) is 0 Å². The summed E-state index contributed by atoms with van der Waals surface area (Å²) >= 11 is 0. The molecule has 4 heteroatoms. The van der Waals surface area contributed by atoms with Gasteiger partial charge in [-0.1, -0.05) is 66.2 Å². The van der Waals surface area contributed by atoms with Crippen LogP contribution in [0.2, 0.25) is 0 Å². The third-order valence-electron chi connectivity index (χ3n) is 3.87. The van der Waals surface area contributed by atoms with Gasteiger partial charge >= 0.3 is 0 Å². The van der Waals surface area contributed by atoms with E-state index in [-0.39, 0.29) is 5.92 Å². The van der Waals surface area contributed by atoms with Gasteiger partial charge in [0, 0.05) is 0 Å². The Balaban J connectivity index is 1.79. The normalized spacial score (nSPS) is 11.6. The van der Waals surface area contributed by atoms with Crippen LogP contribution in [0.5, 0.6) is 11.5 Å². The smallest absolute Gasteiger partial charge is 0.292 e. The summed E-state index contributed by atoms with van der Waals surface area (Å²) in [5, 5.41) is 9.68. The molecule has 0 saturated heterocycles. The van der Waals surface area contributed by atoms with Gasteiger partial charge in [0.1, 0.15) is 11.5 Å². The second-order valence-electron chi connectivity index (χ2n) is 5.92. The molecule has 3 aromatic carbocycles. The van der Waals surface area contributed by atoms with Gasteiger partial charge in [-0.05, 0) is 36.8 Å². The van der Waals surface area contributed by atoms with Crippen molar-refractivity contribution >= 4 is 8.38 Å². The summed E-state index contributed by atoms with van der Waals surface area (Å²) < 4.78 is 12.2. The average molecular weight is 361 g/mol. The van der Waals surface area contributed by atoms with E-state index in [4.69, 9.17) is 9.05 Å². The predicted molar refractivity (Wildman–Crippen MR) is 105 cm³/mol. The van der Waals surface area contributed by atoms with Crippen LogP contribution in [-0.4, -0.2) is 6.16 Å². The minimum atomic E-state index is -1.31. The van der Waals surface area contributed by atoms with Gasteiger partial charge in [-0.2, -0.15) is 5.26 Å². The maximum Gasteiger partial charge on any atom is 0.292 e. The Kier molecular flexibility index (Phi) is 6.25. The second-order valence-corrected chi connectivity index (χ2v) is 7.31. The molecule has 0 aliphatic heterocycles. The van der Waals surface area contributed by atoms with Crippen molar-refractivity contribution in [2.24, 2.45) is 0 Å². The average Bonchev–Trinajstić information content (AvgIpc) is 2.68. The molecule has 0 saturated carbocycles. The largest absolute Gasteiger partial charge is 0.439 e. The van der Waals surface area contributed by atoms with Crippen LogP contribution in [-0.2, 0) is 0 Å². The van der Waals surface area contributed by atoms with Crippen molar-refractivity contribution in [1.29, 1.82) is 5.26 Å². The summed E-state index contributed by atoms with van der Waals surface area (Å²) in [5.74, 6) is 1.21. The molecule has 0 aliphatic rings. The first-order chi connectivity index (χ1) is 12.7. The van der Waals surface area contributed by atoms with Gasteiger partial charge in [-0.25, -0.2) is 0 Å². The lowest BCUT2D eigenvalue weighted by molar-refractivity contribution is 0.487. The third kappa shape index (κ3) is 5.09. The van der Waals surface area contributed by atoms with Crippen molar-refractivity contribution < 1.29 is 9.05 Å². The first-order valence-corrected chi connectivity index (χ1v) is 9.80. The molecule has 3 rings (SSSR count). The summed E-state index contributed by atoms with van der Waals surface area (Å²) in [7, 11) is -1.31. The van der Waals surface area contributed by atoms with E-state index >= 15 is 0 Å². The monoisotopic (exact) mass is 361 g/mol. The van der Waals surface area contributed by atoms with E-state index in [1.807, 2.05) is 91.9 Å². The zero-order valence-corrected chi connectivity index (χ0v) is 15.5. The first-order valence-electron chi connectivity index (χ1n) is 8.44. The van der Waals surface area contributed by atoms with Crippen LogP contribution >= 0.6 is 8.38 Å². The van der Waals surface area contributed by atoms with Gasteiger partial charge in [-0.15, -0.1) is 0 Å². The van der Waals surface area contributed by atoms with E-state index in [2.05, 4.69) is 6.07 Å². The standard InChI is InChI=1S/C22H20NO2P/c1-18-12-14-19(15-13-18)20(16-23)17-26(24-21-8-4-2-5-9-21)25-22-10-6-3-7-11-22/h2-15,20H,17H2,1H3. The Bertz CT molecular complexity index is 803. The molecule has 0 radical (unpaired) electrons. The van der Waals surface area contributed by atoms with Crippen molar-refractivity contribution in [2.45, 2.75) is 12.8 Å². The van der Waals surface area contributed by atoms with Gasteiger partial charge in [0.25, 0.3) is 8.38 Å². The summed E-state index contributed by atoms with van der Waals surface area (Å²) in [5.41, 5.74) is 2.16. The lowest BCUT2D eigenvalue weighted by Gasteiger charge is -2.21. The topological polar surface area (TPSA) is 42.2 Å². The maximum atomic E-state index is 9.68. The van der Waals surface area contributed by atoms with Crippen LogP contribution in [0.1, 0.15) is 17.0 Å². The highest BCUT2D eigenvalue weighted by molar-refractivity contribution is 7.48. The highest BCUT2D eigenvalue weighted by atomic mass is 31.2. The van der Waals surface area contributed by atoms with E-state index in [0.29, 0.717) is 6.16 Å². The minimum Gasteiger partial charge on any atom is -0.439 e. The van der Waals surface area contributed by atoms with Gasteiger partial charge in [0.2, 0.25) is 0 Å². The number of nitriles is 1. The van der Waals surface area contributed by atoms with E-state index in [9.17, 15) is 5.26 Å². The zero-order chi connectivity index (χ0) is 18.2. The molecule has 0 amide bonds. The fourth-order valence-electron chi connectivity index (χ4n) is 2.46. The molecule has 1 unspecified atom stereocenters. The maximum absolute atomic E-state index is 9.68. The Morgan fingerprint density at radius 1 is 0.808 bits per heavy atom. The molecule has 0 bridgehead atoms. The molecule has 3 nitrogen and oxygen atoms in total. The van der Waals surface area contributed by atoms with Crippen molar-refractivity contribution in [3.05, 3.63) is 96.1 Å². The highest BCUT2D eigenvalue weighted by Crippen LogP contribution is 2.43. The number of hydrogen-bond acceptors (Lipinski definition) is 3. The number of nitrogens with zero attached hydrogens (tertiary/aromatic N) is 1. The van der Waals surface area contributed by atoms with E-state index < -0.39 is 8.38 Å². The van der Waals surface area contributed by atoms with Crippen LogP contribution in [0.4, 0.5) is 0 Å². The van der Waals surface area contributed by atoms with Gasteiger partial charge in [0.05, 0.1) is 18.1 Å². The van der Waals surface area contributed by atoms with Crippen molar-refractivity contribution in [2.75, 3.05) is 6.16 Å². The number of hydrogen-bond donors (Lipinski definition) is 0. The Morgan fingerprint density at radius 2 is 1.31 bits per heavy atom. The second kappa shape index (κ2) is 9.04. The van der Waals surface area contributed by atoms with Gasteiger partial charge in [0.15, 0.2) is 0 Å². The lowest BCUT2D eigenvalue weighted by atomic mass is 10.0. The quantitative estimate of drug-likeness (QED) is 0.480. The van der Waals surface area contributed by atoms with Crippen molar-refractivity contribution in [1.82, 2.24) is 0 Å². The molecular weight excluding hydrogens is 341 g/mol. The van der Waals surface area contributed by atoms with Crippen molar-refractivity contribution in [3.63, 3.8) is 0 Å². The molecule has 130 valence electrons. The molecule has 0 aliphatic carbocycles. The SMILES string of the molecule is Cc1ccc(C(C#N)CP(Oc2ccccc2)Oc2ccccc2)cc1. The minimum absolute atomic E-state index is 0.283. The molecule has 26 heavy (non-hydrogen) atoms. The number of benzene rings is 3. The number of rotatable bonds is 7. The molecule has 0 heterocycles. The Morgan fingerprint density at radius 3 is 1.77 bits per heavy atom. The third-order valence-corrected chi connectivity index (χ3v) is 5.36. The lowest BCUT2D eigenvalue weighted by Crippen LogP contribution is -2.07. The predicted octanol–water partition coefficient (Wildman–Crippen LogP) is 6.07. The van der Waals surface area contributed by atoms with Crippen molar-refractivity contribution in [3.8, 4) is 17.6 Å². The summed E-state index contributed by atoms with van der Waals surface area (Å²) in [6, 6.07) is 29.6. The zero-order valence-electron chi connectivity index (χ0n) is 14.6. The molecule has 1 atom stereocenters. The van der Waals surface area contributed by atoms with Crippen LogP contribution in [0.15, 0.2) is 84.9 Å². The van der Waals surface area contributed by atoms with Gasteiger partial charge in [-0.3, -0.25) is 0 Å². The van der Waals surface area contributed by atoms with Crippen LogP contribution < -0.4 is 9.05 Å². The fraction of sp³-hybridized carbons (Fsp3) is 0.136. The van der Waals surface area contributed by atoms with Gasteiger partial charge < -0.3 is 9.05 Å². The molecule has 0 spiro atoms. The molecule has 0 N–H and O–H groups in total. The first kappa shape index (κ1) is 18.0. The molecule has 0 fully saturated rings. The molecular formula is C22H20NO2P. The van der Waals surface area contributed by atoms with Crippen LogP contribution in [0.25, 0.3) is 0 Å². The van der Waals surface area contributed by atoms with Crippen LogP contribution in [0, 0.1) is 18.3 Å². The summed E-state index contributed by atoms with van der Waals surface area (Å²) in [4.78, 5) is 0. The van der Waals surface area contributed by atoms with E-state index in [1.165, 1.54) is 5.56 Å². The van der Waals surface area contributed by atoms with Crippen LogP contribution in [0.3, 0.4) is 0 Å². The molecule has 0 aromatic heterocycles. The Hall–Kier alpha value is -2.82. The number of aryl methyl sites for hydroxylation is 1.